The molecule has 1 amide bonds. The first kappa shape index (κ1) is 22.5. The first-order valence-electron chi connectivity index (χ1n) is 10.5. The third-order valence-corrected chi connectivity index (χ3v) is 6.26. The number of nitrogens with one attached hydrogen (secondary N) is 1. The molecular weight excluding hydrogens is 436 g/mol. The highest BCUT2D eigenvalue weighted by Gasteiger charge is 2.23. The van der Waals surface area contributed by atoms with Crippen LogP contribution in [0, 0.1) is 6.92 Å². The van der Waals surface area contributed by atoms with Crippen molar-refractivity contribution < 1.29 is 14.3 Å². The van der Waals surface area contributed by atoms with E-state index in [1.807, 2.05) is 47.5 Å². The van der Waals surface area contributed by atoms with Crippen LogP contribution in [-0.2, 0) is 18.3 Å². The van der Waals surface area contributed by atoms with Gasteiger partial charge in [0, 0.05) is 36.5 Å². The number of nitrogens with zero attached hydrogens (tertiary/aromatic N) is 3. The Labute approximate surface area is 197 Å². The fraction of sp³-hybridized carbons (Fsp3) is 0.240. The van der Waals surface area contributed by atoms with E-state index in [4.69, 9.17) is 9.47 Å². The molecule has 0 saturated carbocycles. The van der Waals surface area contributed by atoms with Crippen LogP contribution in [0.1, 0.15) is 28.7 Å². The Hall–Kier alpha value is -3.65. The Morgan fingerprint density at radius 1 is 1.12 bits per heavy atom. The van der Waals surface area contributed by atoms with E-state index in [1.54, 1.807) is 26.5 Å². The van der Waals surface area contributed by atoms with Crippen LogP contribution < -0.4 is 14.8 Å². The molecule has 2 aromatic carbocycles. The molecule has 0 aliphatic carbocycles. The molecule has 8 heteroatoms. The first-order chi connectivity index (χ1) is 16.0. The minimum absolute atomic E-state index is 0.148. The Bertz CT molecular complexity index is 1220. The van der Waals surface area contributed by atoms with E-state index in [1.165, 1.54) is 16.9 Å². The zero-order valence-electron chi connectivity index (χ0n) is 19.0. The molecule has 2 aromatic heterocycles. The van der Waals surface area contributed by atoms with Crippen molar-refractivity contribution >= 4 is 17.2 Å². The summed E-state index contributed by atoms with van der Waals surface area (Å²) in [4.78, 5) is 22.2. The van der Waals surface area contributed by atoms with Gasteiger partial charge in [0.15, 0.2) is 0 Å². The summed E-state index contributed by atoms with van der Waals surface area (Å²) >= 11 is 1.54. The number of methoxy groups -OCH3 is 2. The molecule has 4 rings (SSSR count). The van der Waals surface area contributed by atoms with Crippen molar-refractivity contribution in [3.05, 3.63) is 82.9 Å². The molecule has 1 unspecified atom stereocenters. The number of hydrogen-bond acceptors (Lipinski definition) is 6. The van der Waals surface area contributed by atoms with E-state index in [9.17, 15) is 4.79 Å². The molecule has 0 aliphatic heterocycles. The highest BCUT2D eigenvalue weighted by atomic mass is 32.1. The van der Waals surface area contributed by atoms with Crippen molar-refractivity contribution in [2.75, 3.05) is 14.2 Å². The summed E-state index contributed by atoms with van der Waals surface area (Å²) in [5.41, 5.74) is 3.79. The number of thiazole rings is 1. The van der Waals surface area contributed by atoms with E-state index in [0.717, 1.165) is 21.8 Å². The lowest BCUT2D eigenvalue weighted by molar-refractivity contribution is -0.121. The lowest BCUT2D eigenvalue weighted by Crippen LogP contribution is -2.32. The van der Waals surface area contributed by atoms with Gasteiger partial charge in [-0.05, 0) is 24.6 Å². The lowest BCUT2D eigenvalue weighted by atomic mass is 10.0. The van der Waals surface area contributed by atoms with Gasteiger partial charge in [0.05, 0.1) is 26.3 Å². The van der Waals surface area contributed by atoms with Crippen molar-refractivity contribution in [1.29, 1.82) is 0 Å². The second-order valence-electron chi connectivity index (χ2n) is 7.73. The van der Waals surface area contributed by atoms with E-state index < -0.39 is 6.04 Å². The first-order valence-corrected chi connectivity index (χ1v) is 11.4. The van der Waals surface area contributed by atoms with Crippen LogP contribution in [0.15, 0.2) is 60.2 Å². The van der Waals surface area contributed by atoms with Crippen LogP contribution in [-0.4, -0.2) is 34.7 Å². The zero-order valence-corrected chi connectivity index (χ0v) is 19.8. The number of rotatable bonds is 8. The van der Waals surface area contributed by atoms with Crippen molar-refractivity contribution in [3.63, 3.8) is 0 Å². The maximum absolute atomic E-state index is 13.1. The summed E-state index contributed by atoms with van der Waals surface area (Å²) in [6.07, 6.45) is 3.73. The second kappa shape index (κ2) is 9.87. The summed E-state index contributed by atoms with van der Waals surface area (Å²) < 4.78 is 12.7. The van der Waals surface area contributed by atoms with Gasteiger partial charge in [0.2, 0.25) is 5.91 Å². The average molecular weight is 463 g/mol. The molecule has 0 aliphatic rings. The van der Waals surface area contributed by atoms with Crippen molar-refractivity contribution in [2.24, 2.45) is 7.05 Å². The molecule has 1 N–H and O–H groups in total. The number of aryl methyl sites for hydroxylation is 2. The van der Waals surface area contributed by atoms with Crippen molar-refractivity contribution in [1.82, 2.24) is 19.9 Å². The average Bonchev–Trinajstić information content (AvgIpc) is 3.46. The number of benzene rings is 2. The molecule has 0 spiro atoms. The van der Waals surface area contributed by atoms with Gasteiger partial charge < -0.3 is 19.4 Å². The summed E-state index contributed by atoms with van der Waals surface area (Å²) in [5.74, 6) is 1.84. The fourth-order valence-electron chi connectivity index (χ4n) is 3.54. The van der Waals surface area contributed by atoms with Gasteiger partial charge in [0.25, 0.3) is 0 Å². The monoisotopic (exact) mass is 462 g/mol. The minimum Gasteiger partial charge on any atom is -0.497 e. The van der Waals surface area contributed by atoms with Crippen LogP contribution in [0.5, 0.6) is 11.5 Å². The van der Waals surface area contributed by atoms with Crippen LogP contribution in [0.3, 0.4) is 0 Å². The summed E-state index contributed by atoms with van der Waals surface area (Å²) in [6.45, 7) is 2.05. The van der Waals surface area contributed by atoms with Gasteiger partial charge in [-0.2, -0.15) is 0 Å². The Kier molecular flexibility index (Phi) is 6.74. The number of ether oxygens (including phenoxy) is 2. The molecule has 0 bridgehead atoms. The largest absolute Gasteiger partial charge is 0.497 e. The number of aromatic nitrogens is 3. The van der Waals surface area contributed by atoms with Crippen LogP contribution >= 0.6 is 11.3 Å². The molecule has 4 aromatic rings. The van der Waals surface area contributed by atoms with Gasteiger partial charge in [-0.3, -0.25) is 4.79 Å². The van der Waals surface area contributed by atoms with Gasteiger partial charge in [-0.15, -0.1) is 11.3 Å². The Morgan fingerprint density at radius 3 is 2.42 bits per heavy atom. The van der Waals surface area contributed by atoms with Gasteiger partial charge in [-0.1, -0.05) is 29.8 Å². The third kappa shape index (κ3) is 5.23. The highest BCUT2D eigenvalue weighted by molar-refractivity contribution is 7.13. The quantitative estimate of drug-likeness (QED) is 0.422. The minimum atomic E-state index is -0.475. The Morgan fingerprint density at radius 2 is 1.82 bits per heavy atom. The number of carbonyl (C=O) groups is 1. The van der Waals surface area contributed by atoms with Crippen LogP contribution in [0.25, 0.3) is 10.6 Å². The van der Waals surface area contributed by atoms with E-state index in [-0.39, 0.29) is 12.3 Å². The third-order valence-electron chi connectivity index (χ3n) is 5.32. The summed E-state index contributed by atoms with van der Waals surface area (Å²) in [5, 5.41) is 5.94. The smallest absolute Gasteiger partial charge is 0.226 e. The fourth-order valence-corrected chi connectivity index (χ4v) is 4.37. The molecule has 2 heterocycles. The molecule has 33 heavy (non-hydrogen) atoms. The van der Waals surface area contributed by atoms with Crippen molar-refractivity contribution in [3.8, 4) is 22.1 Å². The molecule has 0 saturated heterocycles. The standard InChI is InChI=1S/C25H26N4O3S/c1-16-5-7-17(8-6-16)25-27-19(15-33-25)13-22(30)28-23(24-26-9-10-29(24)2)18-11-20(31-3)14-21(12-18)32-4/h5-12,14-15,23H,13H2,1-4H3,(H,28,30). The second-order valence-corrected chi connectivity index (χ2v) is 8.59. The molecule has 1 atom stereocenters. The van der Waals surface area contributed by atoms with Crippen LogP contribution in [0.2, 0.25) is 0 Å². The molecule has 170 valence electrons. The summed E-state index contributed by atoms with van der Waals surface area (Å²) in [6, 6.07) is 13.3. The number of amides is 1. The van der Waals surface area contributed by atoms with E-state index in [2.05, 4.69) is 34.3 Å². The Balaban J connectivity index is 1.57. The lowest BCUT2D eigenvalue weighted by Gasteiger charge is -2.20. The predicted octanol–water partition coefficient (Wildman–Crippen LogP) is 4.32. The molecule has 0 fully saturated rings. The highest BCUT2D eigenvalue weighted by Crippen LogP contribution is 2.30. The number of hydrogen-bond donors (Lipinski definition) is 1. The number of imidazole rings is 1. The predicted molar refractivity (Wildman–Crippen MR) is 129 cm³/mol. The SMILES string of the molecule is COc1cc(OC)cc(C(NC(=O)Cc2csc(-c3ccc(C)cc3)n2)c2nccn2C)c1. The maximum Gasteiger partial charge on any atom is 0.226 e. The van der Waals surface area contributed by atoms with Gasteiger partial charge in [0.1, 0.15) is 28.4 Å². The zero-order chi connectivity index (χ0) is 23.4. The van der Waals surface area contributed by atoms with Crippen LogP contribution in [0.4, 0.5) is 0 Å². The van der Waals surface area contributed by atoms with E-state index >= 15 is 0 Å². The van der Waals surface area contributed by atoms with Gasteiger partial charge >= 0.3 is 0 Å². The summed E-state index contributed by atoms with van der Waals surface area (Å²) in [7, 11) is 5.09. The normalized spacial score (nSPS) is 11.8. The van der Waals surface area contributed by atoms with Crippen molar-refractivity contribution in [2.45, 2.75) is 19.4 Å². The molecular formula is C25H26N4O3S. The maximum atomic E-state index is 13.1. The molecule has 7 nitrogen and oxygen atoms in total. The molecule has 0 radical (unpaired) electrons. The number of carbonyl (C=O) groups excluding carboxylic acids is 1. The topological polar surface area (TPSA) is 78.3 Å². The van der Waals surface area contributed by atoms with E-state index in [0.29, 0.717) is 17.3 Å². The van der Waals surface area contributed by atoms with Gasteiger partial charge in [-0.25, -0.2) is 9.97 Å².